The Labute approximate surface area is 171 Å². The Morgan fingerprint density at radius 1 is 1.28 bits per heavy atom. The highest BCUT2D eigenvalue weighted by atomic mass is 32.2. The minimum absolute atomic E-state index is 0.0363. The van der Waals surface area contributed by atoms with Gasteiger partial charge in [0.1, 0.15) is 0 Å². The normalized spacial score (nSPS) is 33.0. The van der Waals surface area contributed by atoms with Gasteiger partial charge in [-0.25, -0.2) is 14.4 Å². The highest BCUT2D eigenvalue weighted by Crippen LogP contribution is 2.55. The van der Waals surface area contributed by atoms with E-state index >= 15 is 0 Å². The monoisotopic (exact) mass is 414 g/mol. The summed E-state index contributed by atoms with van der Waals surface area (Å²) in [6.07, 6.45) is 3.80. The van der Waals surface area contributed by atoms with E-state index in [1.165, 1.54) is 6.20 Å². The van der Waals surface area contributed by atoms with Crippen LogP contribution in [0.3, 0.4) is 0 Å². The zero-order valence-corrected chi connectivity index (χ0v) is 16.7. The molecule has 6 atom stereocenters. The van der Waals surface area contributed by atoms with E-state index in [9.17, 15) is 13.4 Å². The van der Waals surface area contributed by atoms with Crippen LogP contribution in [0, 0.1) is 29.5 Å². The van der Waals surface area contributed by atoms with Crippen LogP contribution in [-0.2, 0) is 28.4 Å². The van der Waals surface area contributed by atoms with Crippen LogP contribution in [0.25, 0.3) is 0 Å². The maximum absolute atomic E-state index is 14.5. The van der Waals surface area contributed by atoms with Crippen LogP contribution in [0.2, 0.25) is 0 Å². The second-order valence-electron chi connectivity index (χ2n) is 8.38. The first-order valence-electron chi connectivity index (χ1n) is 10.0. The lowest BCUT2D eigenvalue weighted by Crippen LogP contribution is -2.42. The van der Waals surface area contributed by atoms with Crippen LogP contribution < -0.4 is 11.1 Å². The molecule has 5 rings (SSSR count). The van der Waals surface area contributed by atoms with Gasteiger partial charge in [-0.1, -0.05) is 12.1 Å². The fourth-order valence-corrected chi connectivity index (χ4v) is 7.49. The van der Waals surface area contributed by atoms with Gasteiger partial charge in [0, 0.05) is 33.4 Å². The van der Waals surface area contributed by atoms with Crippen molar-refractivity contribution >= 4 is 28.3 Å². The minimum atomic E-state index is -0.998. The number of carbonyl (C=O) groups excluding carboxylic acids is 1. The van der Waals surface area contributed by atoms with Gasteiger partial charge in [0.25, 0.3) is 0 Å². The first-order chi connectivity index (χ1) is 14.0. The van der Waals surface area contributed by atoms with Crippen molar-refractivity contribution in [3.63, 3.8) is 0 Å². The fraction of sp³-hybridized carbons (Fsp3) is 0.476. The van der Waals surface area contributed by atoms with E-state index in [0.29, 0.717) is 18.1 Å². The van der Waals surface area contributed by atoms with Crippen molar-refractivity contribution in [2.45, 2.75) is 30.9 Å². The van der Waals surface area contributed by atoms with E-state index in [-0.39, 0.29) is 40.5 Å². The van der Waals surface area contributed by atoms with Crippen LogP contribution in [0.5, 0.6) is 0 Å². The summed E-state index contributed by atoms with van der Waals surface area (Å²) in [6.45, 7) is 0. The molecule has 2 saturated carbocycles. The van der Waals surface area contributed by atoms with Crippen molar-refractivity contribution in [2.24, 2.45) is 29.4 Å². The summed E-state index contributed by atoms with van der Waals surface area (Å²) in [5.41, 5.74) is 7.89. The van der Waals surface area contributed by atoms with Gasteiger partial charge in [-0.3, -0.25) is 9.00 Å². The van der Waals surface area contributed by atoms with Crippen molar-refractivity contribution in [3.8, 4) is 0 Å². The summed E-state index contributed by atoms with van der Waals surface area (Å²) >= 11 is 0. The molecule has 3 N–H and O–H groups in total. The number of halogens is 1. The van der Waals surface area contributed by atoms with Crippen molar-refractivity contribution in [1.82, 2.24) is 9.97 Å². The number of aryl methyl sites for hydroxylation is 1. The van der Waals surface area contributed by atoms with Gasteiger partial charge >= 0.3 is 0 Å². The van der Waals surface area contributed by atoms with Gasteiger partial charge in [-0.15, -0.1) is 0 Å². The van der Waals surface area contributed by atoms with E-state index in [0.717, 1.165) is 30.5 Å². The van der Waals surface area contributed by atoms with Crippen LogP contribution in [-0.4, -0.2) is 31.1 Å². The molecule has 6 unspecified atom stereocenters. The molecular formula is C21H23FN4O2S. The van der Waals surface area contributed by atoms with E-state index in [1.807, 2.05) is 24.3 Å². The van der Waals surface area contributed by atoms with E-state index in [4.69, 9.17) is 5.73 Å². The largest absolute Gasteiger partial charge is 0.369 e. The number of amides is 1. The topological polar surface area (TPSA) is 98.0 Å². The van der Waals surface area contributed by atoms with Crippen LogP contribution in [0.1, 0.15) is 24.1 Å². The molecule has 2 heterocycles. The number of hydrogen-bond acceptors (Lipinski definition) is 5. The minimum Gasteiger partial charge on any atom is -0.369 e. The average Bonchev–Trinajstić information content (AvgIpc) is 3.27. The number of benzene rings is 1. The maximum Gasteiger partial charge on any atom is 0.227 e. The fourth-order valence-electron chi connectivity index (χ4n) is 5.59. The van der Waals surface area contributed by atoms with Gasteiger partial charge in [0.05, 0.1) is 11.9 Å². The Morgan fingerprint density at radius 3 is 2.97 bits per heavy atom. The number of primary amides is 1. The van der Waals surface area contributed by atoms with Gasteiger partial charge < -0.3 is 11.1 Å². The Morgan fingerprint density at radius 2 is 2.14 bits per heavy atom. The van der Waals surface area contributed by atoms with Crippen molar-refractivity contribution < 1.29 is 13.4 Å². The molecular weight excluding hydrogens is 391 g/mol. The molecule has 1 aromatic carbocycles. The third-order valence-electron chi connectivity index (χ3n) is 6.79. The molecule has 1 aliphatic heterocycles. The van der Waals surface area contributed by atoms with Crippen LogP contribution >= 0.6 is 0 Å². The maximum atomic E-state index is 14.5. The molecule has 3 aliphatic rings. The molecule has 6 bridgehead atoms. The lowest BCUT2D eigenvalue weighted by Gasteiger charge is -2.34. The molecule has 29 heavy (non-hydrogen) atoms. The van der Waals surface area contributed by atoms with Crippen molar-refractivity contribution in [3.05, 3.63) is 47.5 Å². The molecule has 152 valence electrons. The molecule has 1 aromatic heterocycles. The van der Waals surface area contributed by atoms with Crippen LogP contribution in [0.15, 0.2) is 30.5 Å². The summed E-state index contributed by atoms with van der Waals surface area (Å²) in [4.78, 5) is 20.6. The number of fused-ring (bicyclic) bond motifs is 5. The molecule has 0 spiro atoms. The van der Waals surface area contributed by atoms with Gasteiger partial charge in [0.15, 0.2) is 5.82 Å². The van der Waals surface area contributed by atoms with Crippen molar-refractivity contribution in [1.29, 1.82) is 0 Å². The molecule has 2 aliphatic carbocycles. The van der Waals surface area contributed by atoms with Gasteiger partial charge in [-0.05, 0) is 61.1 Å². The quantitative estimate of drug-likeness (QED) is 0.746. The average molecular weight is 415 g/mol. The Hall–Kier alpha value is -2.35. The molecule has 8 heteroatoms. The lowest BCUT2D eigenvalue weighted by atomic mass is 9.76. The number of anilines is 2. The van der Waals surface area contributed by atoms with Gasteiger partial charge in [0.2, 0.25) is 11.9 Å². The third-order valence-corrected chi connectivity index (χ3v) is 8.62. The van der Waals surface area contributed by atoms with Crippen molar-refractivity contribution in [2.75, 3.05) is 11.1 Å². The number of aromatic nitrogens is 2. The van der Waals surface area contributed by atoms with Crippen LogP contribution in [0.4, 0.5) is 16.0 Å². The summed E-state index contributed by atoms with van der Waals surface area (Å²) < 4.78 is 27.7. The standard InChI is InChI=1S/C21H23FN4O2S/c22-16-10-24-21-25-13-3-1-2-11(6-13)4-5-29(28)18-8-12-7-14(18)15(9-17(16)26-21)19(12)20(23)27/h1-3,6,10,12,14-15,18-19H,4-5,7-9H2,(H2,23,27)(H,24,25,26). The first-order valence-corrected chi connectivity index (χ1v) is 11.4. The lowest BCUT2D eigenvalue weighted by molar-refractivity contribution is -0.125. The summed E-state index contributed by atoms with van der Waals surface area (Å²) in [5.74, 6) is -0.0989. The summed E-state index contributed by atoms with van der Waals surface area (Å²) in [5, 5.41) is 3.17. The zero-order chi connectivity index (χ0) is 20.1. The number of carbonyl (C=O) groups is 1. The van der Waals surface area contributed by atoms with Gasteiger partial charge in [-0.2, -0.15) is 0 Å². The molecule has 2 aromatic rings. The number of hydrogen-bond donors (Lipinski definition) is 2. The summed E-state index contributed by atoms with van der Waals surface area (Å²) in [7, 11) is -0.998. The second-order valence-corrected chi connectivity index (χ2v) is 10.2. The Kier molecular flexibility index (Phi) is 4.61. The highest BCUT2D eigenvalue weighted by molar-refractivity contribution is 7.85. The number of nitrogens with one attached hydrogen (secondary N) is 1. The number of nitrogens with two attached hydrogens (primary N) is 1. The molecule has 0 radical (unpaired) electrons. The highest BCUT2D eigenvalue weighted by Gasteiger charge is 2.56. The Balaban J connectivity index is 1.57. The van der Waals surface area contributed by atoms with E-state index < -0.39 is 16.6 Å². The predicted molar refractivity (Wildman–Crippen MR) is 108 cm³/mol. The summed E-state index contributed by atoms with van der Waals surface area (Å²) in [6, 6.07) is 7.83. The molecule has 6 nitrogen and oxygen atoms in total. The first kappa shape index (κ1) is 18.7. The smallest absolute Gasteiger partial charge is 0.227 e. The van der Waals surface area contributed by atoms with E-state index in [1.54, 1.807) is 0 Å². The molecule has 1 amide bonds. The number of nitrogens with zero attached hydrogens (tertiary/aromatic N) is 2. The molecule has 2 fully saturated rings. The van der Waals surface area contributed by atoms with E-state index in [2.05, 4.69) is 15.3 Å². The number of rotatable bonds is 1. The predicted octanol–water partition coefficient (Wildman–Crippen LogP) is 2.33. The molecule has 0 saturated heterocycles. The third kappa shape index (κ3) is 3.33. The zero-order valence-electron chi connectivity index (χ0n) is 15.9. The SMILES string of the molecule is NC(=O)C1C2CC3C1Cc1nc(ncc1F)Nc1cccc(c1)CCS(=O)C3C2. The second kappa shape index (κ2) is 7.16. The Bertz CT molecular complexity index is 1000.